The Labute approximate surface area is 175 Å². The molecule has 2 N–H and O–H groups in total. The number of hydrogen-bond acceptors (Lipinski definition) is 5. The average molecular weight is 405 g/mol. The topological polar surface area (TPSA) is 53.8 Å². The number of nitrogens with one attached hydrogen (secondary N) is 1. The molecule has 1 aromatic heterocycles. The summed E-state index contributed by atoms with van der Waals surface area (Å²) in [7, 11) is 0. The number of rotatable bonds is 7. The van der Waals surface area contributed by atoms with Gasteiger partial charge in [-0.25, -0.2) is 0 Å². The zero-order valence-corrected chi connectivity index (χ0v) is 17.2. The van der Waals surface area contributed by atoms with Gasteiger partial charge in [0.1, 0.15) is 0 Å². The summed E-state index contributed by atoms with van der Waals surface area (Å²) in [5.41, 5.74) is 6.96. The van der Waals surface area contributed by atoms with Gasteiger partial charge < -0.3 is 15.2 Å². The van der Waals surface area contributed by atoms with Crippen molar-refractivity contribution in [3.63, 3.8) is 0 Å². The largest absolute Gasteiger partial charge is 0.504 e. The summed E-state index contributed by atoms with van der Waals surface area (Å²) in [4.78, 5) is 4.48. The van der Waals surface area contributed by atoms with E-state index in [9.17, 15) is 5.11 Å². The number of benzene rings is 2. The van der Waals surface area contributed by atoms with E-state index in [4.69, 9.17) is 4.74 Å². The van der Waals surface area contributed by atoms with Gasteiger partial charge in [-0.05, 0) is 69.3 Å². The molecular formula is C24H24N2O2S. The molecular weight excluding hydrogens is 380 g/mol. The molecule has 0 saturated heterocycles. The molecule has 1 aliphatic rings. The van der Waals surface area contributed by atoms with Gasteiger partial charge in [0.05, 0.1) is 13.2 Å². The third-order valence-electron chi connectivity index (χ3n) is 4.82. The number of nitrogens with zero attached hydrogens (tertiary/aromatic N) is 1. The average Bonchev–Trinajstić information content (AvgIpc) is 3.28. The quantitative estimate of drug-likeness (QED) is 0.537. The summed E-state index contributed by atoms with van der Waals surface area (Å²) in [5.74, 6) is 0.707. The number of thiophene rings is 1. The van der Waals surface area contributed by atoms with E-state index in [0.29, 0.717) is 25.4 Å². The molecule has 4 rings (SSSR count). The first-order valence-corrected chi connectivity index (χ1v) is 10.7. The van der Waals surface area contributed by atoms with Crippen molar-refractivity contribution in [1.29, 1.82) is 0 Å². The van der Waals surface area contributed by atoms with Crippen LogP contribution in [0.4, 0.5) is 0 Å². The minimum absolute atomic E-state index is 0.176. The predicted molar refractivity (Wildman–Crippen MR) is 121 cm³/mol. The molecule has 2 heterocycles. The first-order chi connectivity index (χ1) is 14.2. The van der Waals surface area contributed by atoms with Crippen LogP contribution in [0.5, 0.6) is 11.5 Å². The van der Waals surface area contributed by atoms with Gasteiger partial charge in [-0.2, -0.15) is 11.3 Å². The van der Waals surface area contributed by atoms with Gasteiger partial charge in [0.15, 0.2) is 11.5 Å². The van der Waals surface area contributed by atoms with Gasteiger partial charge in [-0.3, -0.25) is 4.99 Å². The normalized spacial score (nSPS) is 14.0. The number of phenolic OH excluding ortho intramolecular Hbond substituents is 1. The third kappa shape index (κ3) is 4.51. The molecule has 0 fully saturated rings. The highest BCUT2D eigenvalue weighted by molar-refractivity contribution is 7.08. The molecule has 5 heteroatoms. The van der Waals surface area contributed by atoms with E-state index >= 15 is 0 Å². The molecule has 0 bridgehead atoms. The van der Waals surface area contributed by atoms with Crippen molar-refractivity contribution in [2.75, 3.05) is 6.61 Å². The second kappa shape index (κ2) is 8.97. The summed E-state index contributed by atoms with van der Waals surface area (Å²) in [5, 5.41) is 17.7. The molecule has 29 heavy (non-hydrogen) atoms. The summed E-state index contributed by atoms with van der Waals surface area (Å²) >= 11 is 1.71. The molecule has 3 aromatic rings. The van der Waals surface area contributed by atoms with Gasteiger partial charge in [0.25, 0.3) is 0 Å². The molecule has 0 amide bonds. The number of allylic oxidation sites excluding steroid dienone is 1. The van der Waals surface area contributed by atoms with E-state index in [2.05, 4.69) is 45.3 Å². The molecule has 0 saturated carbocycles. The molecule has 0 aliphatic carbocycles. The van der Waals surface area contributed by atoms with Gasteiger partial charge >= 0.3 is 0 Å². The summed E-state index contributed by atoms with van der Waals surface area (Å²) < 4.78 is 5.52. The van der Waals surface area contributed by atoms with E-state index < -0.39 is 0 Å². The Morgan fingerprint density at radius 3 is 2.90 bits per heavy atom. The minimum atomic E-state index is 0.176. The van der Waals surface area contributed by atoms with Gasteiger partial charge in [0, 0.05) is 24.5 Å². The van der Waals surface area contributed by atoms with Crippen molar-refractivity contribution in [1.82, 2.24) is 5.32 Å². The number of hydrogen-bond donors (Lipinski definition) is 2. The SMILES string of the molecule is CCCOc1ccc(CN/C=C2\C=NCc3ccc(-c4ccsc4)cc32)cc1O. The van der Waals surface area contributed by atoms with Crippen LogP contribution >= 0.6 is 11.3 Å². The fourth-order valence-corrected chi connectivity index (χ4v) is 3.97. The molecule has 4 nitrogen and oxygen atoms in total. The lowest BCUT2D eigenvalue weighted by molar-refractivity contribution is 0.299. The number of ether oxygens (including phenoxy) is 1. The van der Waals surface area contributed by atoms with Crippen molar-refractivity contribution in [3.05, 3.63) is 76.1 Å². The lowest BCUT2D eigenvalue weighted by Gasteiger charge is -2.15. The van der Waals surface area contributed by atoms with Gasteiger partial charge in [-0.1, -0.05) is 25.1 Å². The molecule has 148 valence electrons. The fraction of sp³-hybridized carbons (Fsp3) is 0.208. The van der Waals surface area contributed by atoms with Crippen molar-refractivity contribution in [2.45, 2.75) is 26.4 Å². The predicted octanol–water partition coefficient (Wildman–Crippen LogP) is 5.62. The molecule has 0 radical (unpaired) electrons. The maximum Gasteiger partial charge on any atom is 0.160 e. The van der Waals surface area contributed by atoms with E-state index in [1.165, 1.54) is 22.3 Å². The lowest BCUT2D eigenvalue weighted by Crippen LogP contribution is -2.09. The van der Waals surface area contributed by atoms with Gasteiger partial charge in [0.2, 0.25) is 0 Å². The monoisotopic (exact) mass is 404 g/mol. The fourth-order valence-electron chi connectivity index (χ4n) is 3.30. The summed E-state index contributed by atoms with van der Waals surface area (Å²) in [6.07, 6.45) is 4.83. The maximum atomic E-state index is 10.1. The Balaban J connectivity index is 1.48. The van der Waals surface area contributed by atoms with Crippen LogP contribution in [0.25, 0.3) is 16.7 Å². The van der Waals surface area contributed by atoms with Crippen molar-refractivity contribution < 1.29 is 9.84 Å². The number of phenols is 1. The number of aromatic hydroxyl groups is 1. The zero-order chi connectivity index (χ0) is 20.1. The zero-order valence-electron chi connectivity index (χ0n) is 16.4. The Bertz CT molecular complexity index is 1040. The number of aliphatic imine (C=N–C) groups is 1. The summed E-state index contributed by atoms with van der Waals surface area (Å²) in [6, 6.07) is 14.2. The maximum absolute atomic E-state index is 10.1. The standard InChI is InChI=1S/C24H24N2O2S/c1-2-8-28-24-6-3-17(10-23(24)27)12-25-14-21-15-26-13-19-5-4-18(11-22(19)21)20-7-9-29-16-20/h3-7,9-11,14-16,25,27H,2,8,12-13H2,1H3/b21-14+. The second-order valence-corrected chi connectivity index (χ2v) is 7.76. The smallest absolute Gasteiger partial charge is 0.160 e. The van der Waals surface area contributed by atoms with Crippen LogP contribution in [0, 0.1) is 0 Å². The Morgan fingerprint density at radius 1 is 1.17 bits per heavy atom. The highest BCUT2D eigenvalue weighted by Crippen LogP contribution is 2.30. The lowest BCUT2D eigenvalue weighted by atomic mass is 9.94. The van der Waals surface area contributed by atoms with Crippen LogP contribution in [-0.4, -0.2) is 17.9 Å². The first kappa shape index (κ1) is 19.3. The van der Waals surface area contributed by atoms with Crippen molar-refractivity contribution >= 4 is 23.1 Å². The second-order valence-electron chi connectivity index (χ2n) is 6.98. The Morgan fingerprint density at radius 2 is 2.10 bits per heavy atom. The molecule has 2 aromatic carbocycles. The minimum Gasteiger partial charge on any atom is -0.504 e. The Kier molecular flexibility index (Phi) is 5.96. The number of fused-ring (bicyclic) bond motifs is 1. The van der Waals surface area contributed by atoms with Crippen LogP contribution < -0.4 is 10.1 Å². The van der Waals surface area contributed by atoms with E-state index in [1.807, 2.05) is 31.5 Å². The van der Waals surface area contributed by atoms with E-state index in [1.54, 1.807) is 17.4 Å². The van der Waals surface area contributed by atoms with E-state index in [-0.39, 0.29) is 5.75 Å². The van der Waals surface area contributed by atoms with Crippen LogP contribution in [-0.2, 0) is 13.1 Å². The van der Waals surface area contributed by atoms with Crippen LogP contribution in [0.3, 0.4) is 0 Å². The highest BCUT2D eigenvalue weighted by atomic mass is 32.1. The Hall–Kier alpha value is -3.05. The van der Waals surface area contributed by atoms with Crippen molar-refractivity contribution in [2.24, 2.45) is 4.99 Å². The first-order valence-electron chi connectivity index (χ1n) is 9.78. The van der Waals surface area contributed by atoms with E-state index in [0.717, 1.165) is 17.6 Å². The van der Waals surface area contributed by atoms with Crippen LogP contribution in [0.1, 0.15) is 30.0 Å². The van der Waals surface area contributed by atoms with Crippen LogP contribution in [0.15, 0.2) is 64.4 Å². The summed E-state index contributed by atoms with van der Waals surface area (Å²) in [6.45, 7) is 3.96. The molecule has 1 aliphatic heterocycles. The molecule has 0 spiro atoms. The third-order valence-corrected chi connectivity index (χ3v) is 5.50. The van der Waals surface area contributed by atoms with Crippen molar-refractivity contribution in [3.8, 4) is 22.6 Å². The highest BCUT2D eigenvalue weighted by Gasteiger charge is 2.12. The van der Waals surface area contributed by atoms with Gasteiger partial charge in [-0.15, -0.1) is 0 Å². The van der Waals surface area contributed by atoms with Crippen LogP contribution in [0.2, 0.25) is 0 Å². The molecule has 0 atom stereocenters. The molecule has 0 unspecified atom stereocenters.